The van der Waals surface area contributed by atoms with E-state index in [0.29, 0.717) is 30.9 Å². The fourth-order valence-corrected chi connectivity index (χ4v) is 4.69. The van der Waals surface area contributed by atoms with Gasteiger partial charge in [-0.3, -0.25) is 10.00 Å². The van der Waals surface area contributed by atoms with Crippen molar-refractivity contribution < 1.29 is 31.1 Å². The lowest BCUT2D eigenvalue weighted by Gasteiger charge is -2.31. The number of hydrogen-bond acceptors (Lipinski definition) is 4. The molecule has 1 saturated carbocycles. The summed E-state index contributed by atoms with van der Waals surface area (Å²) in [5, 5.41) is 6.76. The van der Waals surface area contributed by atoms with Crippen LogP contribution in [0.2, 0.25) is 0 Å². The summed E-state index contributed by atoms with van der Waals surface area (Å²) < 4.78 is 85.4. The molecule has 1 aliphatic carbocycles. The fraction of sp³-hybridized carbons (Fsp3) is 0.417. The SMILES string of the molecule is CN(Cc1nc[nH]n1)C1CCC(OCc2cc(C(F)(F)F)cc(C(F)(F)F)c2)C1c1ccccc1. The highest BCUT2D eigenvalue weighted by Crippen LogP contribution is 2.41. The number of nitrogens with zero attached hydrogens (tertiary/aromatic N) is 3. The number of H-pyrrole nitrogens is 1. The number of halogens is 6. The molecule has 1 aromatic heterocycles. The van der Waals surface area contributed by atoms with E-state index in [1.165, 1.54) is 6.33 Å². The average molecular weight is 498 g/mol. The van der Waals surface area contributed by atoms with Crippen LogP contribution in [0.1, 0.15) is 46.8 Å². The Hall–Kier alpha value is -2.92. The molecule has 0 bridgehead atoms. The molecule has 0 amide bonds. The summed E-state index contributed by atoms with van der Waals surface area (Å²) in [6, 6.07) is 11.1. The number of likely N-dealkylation sites (N-methyl/N-ethyl adjacent to an activating group) is 1. The van der Waals surface area contributed by atoms with Crippen LogP contribution in [0, 0.1) is 0 Å². The fourth-order valence-electron chi connectivity index (χ4n) is 4.69. The lowest BCUT2D eigenvalue weighted by molar-refractivity contribution is -0.143. The van der Waals surface area contributed by atoms with Gasteiger partial charge in [-0.1, -0.05) is 30.3 Å². The lowest BCUT2D eigenvalue weighted by atomic mass is 9.91. The first kappa shape index (κ1) is 25.2. The van der Waals surface area contributed by atoms with Gasteiger partial charge in [0, 0.05) is 12.0 Å². The van der Waals surface area contributed by atoms with Crippen LogP contribution in [0.3, 0.4) is 0 Å². The van der Waals surface area contributed by atoms with Crippen molar-refractivity contribution in [2.75, 3.05) is 7.05 Å². The van der Waals surface area contributed by atoms with E-state index in [-0.39, 0.29) is 36.3 Å². The van der Waals surface area contributed by atoms with E-state index in [1.54, 1.807) is 0 Å². The molecule has 1 N–H and O–H groups in total. The first-order valence-corrected chi connectivity index (χ1v) is 11.0. The van der Waals surface area contributed by atoms with Gasteiger partial charge >= 0.3 is 12.4 Å². The Balaban J connectivity index is 1.56. The molecule has 3 aromatic rings. The third-order valence-corrected chi connectivity index (χ3v) is 6.28. The molecular formula is C24H24F6N4O. The van der Waals surface area contributed by atoms with E-state index in [0.717, 1.165) is 12.0 Å². The molecule has 3 atom stereocenters. The summed E-state index contributed by atoms with van der Waals surface area (Å²) >= 11 is 0. The first-order chi connectivity index (χ1) is 16.5. The first-order valence-electron chi connectivity index (χ1n) is 11.0. The van der Waals surface area contributed by atoms with Gasteiger partial charge in [0.15, 0.2) is 5.82 Å². The van der Waals surface area contributed by atoms with Crippen molar-refractivity contribution in [2.45, 2.75) is 56.4 Å². The minimum Gasteiger partial charge on any atom is -0.373 e. The molecule has 4 rings (SSSR count). The Bertz CT molecular complexity index is 1070. The van der Waals surface area contributed by atoms with Crippen LogP contribution in [-0.4, -0.2) is 39.3 Å². The highest BCUT2D eigenvalue weighted by Gasteiger charge is 2.41. The second-order valence-corrected chi connectivity index (χ2v) is 8.68. The number of aromatic nitrogens is 3. The smallest absolute Gasteiger partial charge is 0.373 e. The molecule has 1 aliphatic rings. The second kappa shape index (κ2) is 9.98. The molecule has 5 nitrogen and oxygen atoms in total. The summed E-state index contributed by atoms with van der Waals surface area (Å²) in [6.45, 7) is 0.116. The zero-order chi connectivity index (χ0) is 25.2. The summed E-state index contributed by atoms with van der Waals surface area (Å²) in [5.74, 6) is 0.486. The molecule has 35 heavy (non-hydrogen) atoms. The summed E-state index contributed by atoms with van der Waals surface area (Å²) in [7, 11) is 1.93. The molecule has 0 saturated heterocycles. The van der Waals surface area contributed by atoms with E-state index in [1.807, 2.05) is 37.4 Å². The molecular weight excluding hydrogens is 474 g/mol. The Morgan fingerprint density at radius 1 is 0.971 bits per heavy atom. The monoisotopic (exact) mass is 498 g/mol. The van der Waals surface area contributed by atoms with E-state index in [9.17, 15) is 26.3 Å². The molecule has 2 aromatic carbocycles. The van der Waals surface area contributed by atoms with Crippen LogP contribution in [0.25, 0.3) is 0 Å². The Kier molecular flexibility index (Phi) is 7.18. The maximum Gasteiger partial charge on any atom is 0.416 e. The predicted octanol–water partition coefficient (Wildman–Crippen LogP) is 5.81. The van der Waals surface area contributed by atoms with Crippen molar-refractivity contribution in [2.24, 2.45) is 0 Å². The molecule has 1 heterocycles. The minimum absolute atomic E-state index is 0.0214. The van der Waals surface area contributed by atoms with Crippen molar-refractivity contribution >= 4 is 0 Å². The third-order valence-electron chi connectivity index (χ3n) is 6.28. The predicted molar refractivity (Wildman–Crippen MR) is 115 cm³/mol. The van der Waals surface area contributed by atoms with E-state index < -0.39 is 23.5 Å². The summed E-state index contributed by atoms with van der Waals surface area (Å²) in [5.41, 5.74) is -1.87. The zero-order valence-corrected chi connectivity index (χ0v) is 18.8. The van der Waals surface area contributed by atoms with Crippen LogP contribution < -0.4 is 0 Å². The molecule has 0 aliphatic heterocycles. The van der Waals surface area contributed by atoms with E-state index in [2.05, 4.69) is 20.1 Å². The van der Waals surface area contributed by atoms with Gasteiger partial charge in [-0.05, 0) is 49.2 Å². The van der Waals surface area contributed by atoms with Crippen LogP contribution in [-0.2, 0) is 30.2 Å². The number of benzene rings is 2. The van der Waals surface area contributed by atoms with Crippen molar-refractivity contribution in [1.82, 2.24) is 20.1 Å². The van der Waals surface area contributed by atoms with Crippen LogP contribution >= 0.6 is 0 Å². The molecule has 3 unspecified atom stereocenters. The highest BCUT2D eigenvalue weighted by molar-refractivity contribution is 5.33. The maximum absolute atomic E-state index is 13.2. The second-order valence-electron chi connectivity index (χ2n) is 8.68. The van der Waals surface area contributed by atoms with Crippen molar-refractivity contribution in [3.8, 4) is 0 Å². The van der Waals surface area contributed by atoms with Crippen molar-refractivity contribution in [1.29, 1.82) is 0 Å². The van der Waals surface area contributed by atoms with Crippen LogP contribution in [0.15, 0.2) is 54.9 Å². The summed E-state index contributed by atoms with van der Waals surface area (Å²) in [6.07, 6.45) is -7.35. The highest BCUT2D eigenvalue weighted by atomic mass is 19.4. The van der Waals surface area contributed by atoms with Gasteiger partial charge in [0.25, 0.3) is 0 Å². The Labute approximate surface area is 198 Å². The van der Waals surface area contributed by atoms with Gasteiger partial charge in [0.1, 0.15) is 6.33 Å². The Morgan fingerprint density at radius 2 is 1.63 bits per heavy atom. The number of hydrogen-bond donors (Lipinski definition) is 1. The molecule has 11 heteroatoms. The van der Waals surface area contributed by atoms with Gasteiger partial charge in [-0.2, -0.15) is 31.4 Å². The van der Waals surface area contributed by atoms with Gasteiger partial charge in [-0.15, -0.1) is 0 Å². The van der Waals surface area contributed by atoms with E-state index >= 15 is 0 Å². The average Bonchev–Trinajstić information content (AvgIpc) is 3.46. The van der Waals surface area contributed by atoms with Gasteiger partial charge < -0.3 is 4.74 Å². The molecule has 1 fully saturated rings. The van der Waals surface area contributed by atoms with Gasteiger partial charge in [0.05, 0.1) is 30.4 Å². The number of rotatable bonds is 7. The zero-order valence-electron chi connectivity index (χ0n) is 18.8. The lowest BCUT2D eigenvalue weighted by Crippen LogP contribution is -2.36. The van der Waals surface area contributed by atoms with E-state index in [4.69, 9.17) is 4.74 Å². The largest absolute Gasteiger partial charge is 0.416 e. The molecule has 188 valence electrons. The van der Waals surface area contributed by atoms with Crippen LogP contribution in [0.4, 0.5) is 26.3 Å². The standard InChI is InChI=1S/C24H24F6N4O/c1-34(12-21-31-14-32-33-21)19-7-8-20(22(19)16-5-3-2-4-6-16)35-13-15-9-17(23(25,26)27)11-18(10-15)24(28,29)30/h2-6,9-11,14,19-20,22H,7-8,12-13H2,1H3,(H,31,32,33). The van der Waals surface area contributed by atoms with Gasteiger partial charge in [-0.25, -0.2) is 4.98 Å². The number of nitrogens with one attached hydrogen (secondary N) is 1. The molecule has 0 radical (unpaired) electrons. The van der Waals surface area contributed by atoms with Crippen molar-refractivity contribution in [3.63, 3.8) is 0 Å². The number of ether oxygens (including phenoxy) is 1. The Morgan fingerprint density at radius 3 is 2.20 bits per heavy atom. The number of aromatic amines is 1. The van der Waals surface area contributed by atoms with Crippen LogP contribution in [0.5, 0.6) is 0 Å². The quantitative estimate of drug-likeness (QED) is 0.418. The number of alkyl halides is 6. The minimum atomic E-state index is -4.90. The summed E-state index contributed by atoms with van der Waals surface area (Å²) in [4.78, 5) is 6.25. The van der Waals surface area contributed by atoms with Crippen molar-refractivity contribution in [3.05, 3.63) is 82.9 Å². The maximum atomic E-state index is 13.2. The van der Waals surface area contributed by atoms with Gasteiger partial charge in [0.2, 0.25) is 0 Å². The third kappa shape index (κ3) is 6.02. The normalized spacial score (nSPS) is 21.1. The topological polar surface area (TPSA) is 54.0 Å². The molecule has 0 spiro atoms.